The van der Waals surface area contributed by atoms with E-state index in [1.54, 1.807) is 6.20 Å². The van der Waals surface area contributed by atoms with Crippen LogP contribution < -0.4 is 9.64 Å². The number of carbonyl (C=O) groups excluding carboxylic acids is 1. The van der Waals surface area contributed by atoms with Gasteiger partial charge in [0.2, 0.25) is 17.7 Å². The number of halogens is 1. The molecule has 0 saturated heterocycles. The zero-order valence-electron chi connectivity index (χ0n) is 23.7. The largest absolute Gasteiger partial charge is 0.478 e. The smallest absolute Gasteiger partial charge is 0.233 e. The molecule has 7 nitrogen and oxygen atoms in total. The Hall–Kier alpha value is -3.29. The quantitative estimate of drug-likeness (QED) is 0.284. The first-order valence-corrected chi connectivity index (χ1v) is 15.4. The average molecular weight is 557 g/mol. The fourth-order valence-electron chi connectivity index (χ4n) is 8.24. The number of pyridine rings is 1. The number of hydrogen-bond acceptors (Lipinski definition) is 6. The lowest BCUT2D eigenvalue weighted by molar-refractivity contribution is -0.211. The number of rotatable bonds is 9. The van der Waals surface area contributed by atoms with Crippen LogP contribution in [0.25, 0.3) is 11.1 Å². The molecule has 2 heterocycles. The Kier molecular flexibility index (Phi) is 5.49. The summed E-state index contributed by atoms with van der Waals surface area (Å²) in [7, 11) is 0. The predicted molar refractivity (Wildman–Crippen MR) is 151 cm³/mol. The predicted octanol–water partition coefficient (Wildman–Crippen LogP) is 6.93. The topological polar surface area (TPSA) is 81.4 Å². The molecule has 1 amide bonds. The second-order valence-electron chi connectivity index (χ2n) is 13.7. The molecule has 10 rings (SSSR count). The van der Waals surface area contributed by atoms with Crippen LogP contribution in [0.3, 0.4) is 0 Å². The number of amides is 1. The van der Waals surface area contributed by atoms with Crippen molar-refractivity contribution >= 4 is 11.6 Å². The number of ether oxygens (including phenoxy) is 1. The summed E-state index contributed by atoms with van der Waals surface area (Å²) in [5.41, 5.74) is 1.27. The molecule has 7 aliphatic carbocycles. The highest BCUT2D eigenvalue weighted by Gasteiger charge is 2.73. The zero-order chi connectivity index (χ0) is 27.9. The molecular weight excluding hydrogens is 519 g/mol. The summed E-state index contributed by atoms with van der Waals surface area (Å²) >= 11 is 0. The van der Waals surface area contributed by atoms with Crippen LogP contribution in [-0.4, -0.2) is 39.9 Å². The average Bonchev–Trinajstić information content (AvgIpc) is 3.70. The third-order valence-corrected chi connectivity index (χ3v) is 10.9. The minimum Gasteiger partial charge on any atom is -0.478 e. The van der Waals surface area contributed by atoms with Crippen LogP contribution in [-0.2, 0) is 10.2 Å². The van der Waals surface area contributed by atoms with Gasteiger partial charge in [0.15, 0.2) is 5.82 Å². The van der Waals surface area contributed by atoms with E-state index in [1.807, 2.05) is 36.1 Å². The number of anilines is 1. The van der Waals surface area contributed by atoms with Crippen LogP contribution in [0.4, 0.5) is 10.1 Å². The molecule has 3 aromatic rings. The van der Waals surface area contributed by atoms with E-state index in [1.165, 1.54) is 12.8 Å². The Labute approximate surface area is 239 Å². The minimum absolute atomic E-state index is 0.0231. The van der Waals surface area contributed by atoms with Gasteiger partial charge in [0, 0.05) is 35.8 Å². The number of hydrogen-bond donors (Lipinski definition) is 0. The van der Waals surface area contributed by atoms with Crippen molar-refractivity contribution in [2.75, 3.05) is 18.1 Å². The first-order valence-electron chi connectivity index (χ1n) is 15.4. The van der Waals surface area contributed by atoms with Crippen LogP contribution in [0.1, 0.15) is 95.2 Å². The Morgan fingerprint density at radius 3 is 2.46 bits per heavy atom. The lowest BCUT2D eigenvalue weighted by Crippen LogP contribution is -2.71. The maximum absolute atomic E-state index is 14.6. The fraction of sp³-hybridized carbons (Fsp3) is 0.576. The van der Waals surface area contributed by atoms with Crippen LogP contribution in [0.5, 0.6) is 5.88 Å². The van der Waals surface area contributed by atoms with Crippen molar-refractivity contribution in [3.8, 4) is 17.0 Å². The van der Waals surface area contributed by atoms with Crippen LogP contribution in [0, 0.1) is 10.8 Å². The highest BCUT2D eigenvalue weighted by molar-refractivity contribution is 6.00. The maximum Gasteiger partial charge on any atom is 0.233 e. The molecule has 7 fully saturated rings. The second-order valence-corrected chi connectivity index (χ2v) is 13.7. The number of nitrogens with zero attached hydrogens (tertiary/aromatic N) is 4. The van der Waals surface area contributed by atoms with E-state index in [-0.39, 0.29) is 16.7 Å². The molecule has 1 aromatic carbocycles. The van der Waals surface area contributed by atoms with Gasteiger partial charge in [-0.1, -0.05) is 17.3 Å². The van der Waals surface area contributed by atoms with Crippen LogP contribution in [0.2, 0.25) is 0 Å². The van der Waals surface area contributed by atoms with Crippen molar-refractivity contribution in [1.29, 1.82) is 0 Å². The Morgan fingerprint density at radius 2 is 1.78 bits per heavy atom. The number of fused-ring (bicyclic) bond motifs is 3. The molecule has 0 unspecified atom stereocenters. The number of carbonyl (C=O) groups is 1. The lowest BCUT2D eigenvalue weighted by Gasteiger charge is -2.65. The molecule has 0 aliphatic heterocycles. The summed E-state index contributed by atoms with van der Waals surface area (Å²) in [4.78, 5) is 25.4. The van der Waals surface area contributed by atoms with Gasteiger partial charge in [-0.25, -0.2) is 9.37 Å². The molecule has 7 aliphatic rings. The SMILES string of the molecule is CCOc1cc(-c2cccc(N(CC34CCC(c5nc(C6CC6)no5)(CC3)CC4)C(=O)C34CC(F)(C3)C4)c2)ccn1. The summed E-state index contributed by atoms with van der Waals surface area (Å²) in [5, 5.41) is 4.31. The standard InChI is InChI=1S/C33H37FN4O3/c1-2-40-26-17-24(8-15-35-26)23-4-3-5-25(16-23)38(29(39)32-18-33(34,19-32)20-32)21-30-9-12-31(13-10-30,14-11-30)28-36-27(37-41-28)22-6-7-22/h3-5,8,15-17,22H,2,6-7,9-14,18-21H2,1H3. The Morgan fingerprint density at radius 1 is 1.05 bits per heavy atom. The molecule has 7 saturated carbocycles. The van der Waals surface area contributed by atoms with Gasteiger partial charge in [-0.15, -0.1) is 0 Å². The summed E-state index contributed by atoms with van der Waals surface area (Å²) < 4.78 is 26.0. The monoisotopic (exact) mass is 556 g/mol. The van der Waals surface area contributed by atoms with Gasteiger partial charge in [-0.3, -0.25) is 4.79 Å². The van der Waals surface area contributed by atoms with Gasteiger partial charge in [0.05, 0.1) is 12.0 Å². The first kappa shape index (κ1) is 25.4. The van der Waals surface area contributed by atoms with Gasteiger partial charge < -0.3 is 14.2 Å². The van der Waals surface area contributed by atoms with Crippen LogP contribution >= 0.6 is 0 Å². The molecule has 2 aromatic heterocycles. The van der Waals surface area contributed by atoms with Crippen molar-refractivity contribution in [2.45, 2.75) is 94.6 Å². The van der Waals surface area contributed by atoms with Crippen molar-refractivity contribution in [3.05, 3.63) is 54.3 Å². The van der Waals surface area contributed by atoms with E-state index in [0.717, 1.165) is 67.1 Å². The van der Waals surface area contributed by atoms with E-state index in [0.29, 0.717) is 44.2 Å². The molecule has 0 atom stereocenters. The summed E-state index contributed by atoms with van der Waals surface area (Å²) in [6, 6.07) is 12.1. The van der Waals surface area contributed by atoms with Crippen LogP contribution in [0.15, 0.2) is 47.1 Å². The molecule has 4 bridgehead atoms. The third kappa shape index (κ3) is 4.11. The third-order valence-electron chi connectivity index (χ3n) is 10.9. The molecular formula is C33H37FN4O3. The maximum atomic E-state index is 14.6. The second kappa shape index (κ2) is 8.85. The first-order chi connectivity index (χ1) is 19.8. The van der Waals surface area contributed by atoms with E-state index in [9.17, 15) is 9.18 Å². The van der Waals surface area contributed by atoms with Gasteiger partial charge in [0.25, 0.3) is 0 Å². The highest BCUT2D eigenvalue weighted by Crippen LogP contribution is 2.70. The zero-order valence-corrected chi connectivity index (χ0v) is 23.7. The number of benzene rings is 1. The van der Waals surface area contributed by atoms with Gasteiger partial charge >= 0.3 is 0 Å². The normalized spacial score (nSPS) is 33.1. The van der Waals surface area contributed by atoms with E-state index in [2.05, 4.69) is 22.3 Å². The van der Waals surface area contributed by atoms with E-state index in [4.69, 9.17) is 14.2 Å². The summed E-state index contributed by atoms with van der Waals surface area (Å²) in [5.74, 6) is 2.90. The molecule has 0 spiro atoms. The van der Waals surface area contributed by atoms with Crippen molar-refractivity contribution in [2.24, 2.45) is 10.8 Å². The summed E-state index contributed by atoms with van der Waals surface area (Å²) in [6.07, 6.45) is 11.3. The van der Waals surface area contributed by atoms with Crippen molar-refractivity contribution < 1.29 is 18.4 Å². The van der Waals surface area contributed by atoms with Gasteiger partial charge in [-0.2, -0.15) is 4.98 Å². The number of aromatic nitrogens is 3. The molecule has 0 N–H and O–H groups in total. The van der Waals surface area contributed by atoms with E-state index >= 15 is 0 Å². The highest BCUT2D eigenvalue weighted by atomic mass is 19.1. The summed E-state index contributed by atoms with van der Waals surface area (Å²) in [6.45, 7) is 3.16. The fourth-order valence-corrected chi connectivity index (χ4v) is 8.24. The Bertz CT molecular complexity index is 1470. The Balaban J connectivity index is 1.07. The minimum atomic E-state index is -1.12. The molecule has 0 radical (unpaired) electrons. The van der Waals surface area contributed by atoms with Crippen molar-refractivity contribution in [1.82, 2.24) is 15.1 Å². The van der Waals surface area contributed by atoms with E-state index < -0.39 is 11.1 Å². The molecule has 214 valence electrons. The molecule has 8 heteroatoms. The van der Waals surface area contributed by atoms with Gasteiger partial charge in [-0.05, 0) is 112 Å². The lowest BCUT2D eigenvalue weighted by atomic mass is 9.41. The van der Waals surface area contributed by atoms with Crippen molar-refractivity contribution in [3.63, 3.8) is 0 Å². The van der Waals surface area contributed by atoms with Gasteiger partial charge in [0.1, 0.15) is 5.67 Å². The molecule has 41 heavy (non-hydrogen) atoms. The number of alkyl halides is 1.